The Balaban J connectivity index is 2.63. The number of hydrogen-bond donors (Lipinski definition) is 0. The zero-order chi connectivity index (χ0) is 13.1. The van der Waals surface area contributed by atoms with E-state index in [2.05, 4.69) is 15.9 Å². The van der Waals surface area contributed by atoms with Gasteiger partial charge >= 0.3 is 0 Å². The number of thiazole rings is 1. The fourth-order valence-electron chi connectivity index (χ4n) is 1.47. The summed E-state index contributed by atoms with van der Waals surface area (Å²) in [5.74, 6) is 0. The Morgan fingerprint density at radius 2 is 2.06 bits per heavy atom. The van der Waals surface area contributed by atoms with Crippen molar-refractivity contribution in [2.45, 2.75) is 0 Å². The third-order valence-electron chi connectivity index (χ3n) is 2.42. The largest absolute Gasteiger partial charge is 0.301 e. The second-order valence-electron chi connectivity index (χ2n) is 3.64. The van der Waals surface area contributed by atoms with Crippen LogP contribution in [0.25, 0.3) is 12.2 Å². The molecule has 3 nitrogen and oxygen atoms in total. The van der Waals surface area contributed by atoms with E-state index in [-0.39, 0.29) is 5.56 Å². The average Bonchev–Trinajstić information content (AvgIpc) is 2.61. The van der Waals surface area contributed by atoms with E-state index >= 15 is 0 Å². The van der Waals surface area contributed by atoms with Gasteiger partial charge in [-0.3, -0.25) is 4.79 Å². The van der Waals surface area contributed by atoms with Gasteiger partial charge in [-0.25, -0.2) is 0 Å². The van der Waals surface area contributed by atoms with Crippen LogP contribution in [0.1, 0.15) is 5.56 Å². The number of hydrogen-bond acceptors (Lipinski definition) is 3. The van der Waals surface area contributed by atoms with Crippen LogP contribution in [-0.4, -0.2) is 4.57 Å². The summed E-state index contributed by atoms with van der Waals surface area (Å²) < 4.78 is 3.77. The lowest BCUT2D eigenvalue weighted by Crippen LogP contribution is -2.28. The van der Waals surface area contributed by atoms with Gasteiger partial charge in [0.05, 0.1) is 10.6 Å². The Labute approximate surface area is 116 Å². The van der Waals surface area contributed by atoms with Crippen LogP contribution < -0.4 is 14.8 Å². The number of aromatic nitrogens is 1. The van der Waals surface area contributed by atoms with Gasteiger partial charge in [-0.15, -0.1) is 11.3 Å². The SMILES string of the molecule is Cn1c(=O)/c(=C\c2ccc(Br)cc2)s/c1=C\C#N. The molecule has 0 radical (unpaired) electrons. The molecule has 0 fully saturated rings. The highest BCUT2D eigenvalue weighted by atomic mass is 79.9. The summed E-state index contributed by atoms with van der Waals surface area (Å²) in [6.45, 7) is 0. The van der Waals surface area contributed by atoms with Crippen LogP contribution in [0.3, 0.4) is 0 Å². The number of rotatable bonds is 1. The summed E-state index contributed by atoms with van der Waals surface area (Å²) in [4.78, 5) is 11.9. The van der Waals surface area contributed by atoms with Gasteiger partial charge in [0.25, 0.3) is 5.56 Å². The van der Waals surface area contributed by atoms with Crippen LogP contribution in [0, 0.1) is 11.3 Å². The summed E-state index contributed by atoms with van der Waals surface area (Å²) in [7, 11) is 1.67. The van der Waals surface area contributed by atoms with Crippen molar-refractivity contribution in [1.29, 1.82) is 5.26 Å². The third-order valence-corrected chi connectivity index (χ3v) is 4.06. The maximum Gasteiger partial charge on any atom is 0.268 e. The molecule has 1 aromatic carbocycles. The van der Waals surface area contributed by atoms with Crippen molar-refractivity contribution in [3.63, 3.8) is 0 Å². The zero-order valence-electron chi connectivity index (χ0n) is 9.55. The lowest BCUT2D eigenvalue weighted by Gasteiger charge is -1.91. The van der Waals surface area contributed by atoms with E-state index in [1.54, 1.807) is 7.05 Å². The van der Waals surface area contributed by atoms with E-state index < -0.39 is 0 Å². The molecule has 0 unspecified atom stereocenters. The van der Waals surface area contributed by atoms with Gasteiger partial charge in [0.15, 0.2) is 0 Å². The van der Waals surface area contributed by atoms with Crippen molar-refractivity contribution in [3.8, 4) is 6.07 Å². The van der Waals surface area contributed by atoms with Crippen molar-refractivity contribution >= 4 is 39.4 Å². The van der Waals surface area contributed by atoms with Crippen molar-refractivity contribution in [2.75, 3.05) is 0 Å². The van der Waals surface area contributed by atoms with Gasteiger partial charge in [-0.2, -0.15) is 5.26 Å². The first-order chi connectivity index (χ1) is 8.61. The van der Waals surface area contributed by atoms with Crippen molar-refractivity contribution in [3.05, 3.63) is 53.9 Å². The Morgan fingerprint density at radius 3 is 2.67 bits per heavy atom. The van der Waals surface area contributed by atoms with E-state index in [0.29, 0.717) is 9.20 Å². The predicted octanol–water partition coefficient (Wildman–Crippen LogP) is 1.34. The molecule has 0 aliphatic rings. The third kappa shape index (κ3) is 2.61. The second kappa shape index (κ2) is 5.34. The maximum atomic E-state index is 11.9. The first-order valence-electron chi connectivity index (χ1n) is 5.15. The van der Waals surface area contributed by atoms with E-state index in [4.69, 9.17) is 5.26 Å². The van der Waals surface area contributed by atoms with Crippen molar-refractivity contribution in [1.82, 2.24) is 4.57 Å². The molecule has 90 valence electrons. The topological polar surface area (TPSA) is 45.8 Å². The van der Waals surface area contributed by atoms with Crippen LogP contribution in [-0.2, 0) is 7.05 Å². The normalized spacial score (nSPS) is 12.7. The molecular formula is C13H9BrN2OS. The standard InChI is InChI=1S/C13H9BrN2OS/c1-16-12(6-7-15)18-11(13(16)17)8-9-2-4-10(14)5-3-9/h2-6,8H,1H3/b11-8+,12-6-. The van der Waals surface area contributed by atoms with Crippen LogP contribution in [0.15, 0.2) is 33.5 Å². The number of benzene rings is 1. The van der Waals surface area contributed by atoms with Gasteiger partial charge in [0.1, 0.15) is 4.66 Å². The molecule has 5 heteroatoms. The van der Waals surface area contributed by atoms with Crippen molar-refractivity contribution < 1.29 is 0 Å². The number of nitrogens with zero attached hydrogens (tertiary/aromatic N) is 2. The number of halogens is 1. The monoisotopic (exact) mass is 320 g/mol. The minimum atomic E-state index is -0.0792. The molecule has 18 heavy (non-hydrogen) atoms. The highest BCUT2D eigenvalue weighted by Gasteiger charge is 1.99. The predicted molar refractivity (Wildman–Crippen MR) is 76.6 cm³/mol. The van der Waals surface area contributed by atoms with E-state index in [1.807, 2.05) is 36.4 Å². The molecule has 2 aromatic rings. The summed E-state index contributed by atoms with van der Waals surface area (Å²) in [6.07, 6.45) is 3.21. The molecule has 0 aliphatic heterocycles. The Bertz CT molecular complexity index is 778. The van der Waals surface area contributed by atoms with Crippen molar-refractivity contribution in [2.24, 2.45) is 7.05 Å². The van der Waals surface area contributed by atoms with Crippen LogP contribution in [0.2, 0.25) is 0 Å². The molecule has 1 heterocycles. The van der Waals surface area contributed by atoms with Gasteiger partial charge < -0.3 is 4.57 Å². The molecule has 0 spiro atoms. The minimum absolute atomic E-state index is 0.0792. The average molecular weight is 321 g/mol. The van der Waals surface area contributed by atoms with Gasteiger partial charge in [0, 0.05) is 17.6 Å². The highest BCUT2D eigenvalue weighted by molar-refractivity contribution is 9.10. The van der Waals surface area contributed by atoms with Crippen LogP contribution >= 0.6 is 27.3 Å². The first kappa shape index (κ1) is 12.8. The molecule has 0 amide bonds. The lowest BCUT2D eigenvalue weighted by molar-refractivity contribution is 0.857. The molecule has 0 saturated heterocycles. The maximum absolute atomic E-state index is 11.9. The quantitative estimate of drug-likeness (QED) is 0.796. The first-order valence-corrected chi connectivity index (χ1v) is 6.75. The highest BCUT2D eigenvalue weighted by Crippen LogP contribution is 2.10. The fourth-order valence-corrected chi connectivity index (χ4v) is 2.71. The molecule has 0 atom stereocenters. The molecule has 0 saturated carbocycles. The van der Waals surface area contributed by atoms with Crippen LogP contribution in [0.5, 0.6) is 0 Å². The summed E-state index contributed by atoms with van der Waals surface area (Å²) in [5, 5.41) is 8.63. The summed E-state index contributed by atoms with van der Waals surface area (Å²) in [6, 6.07) is 9.64. The van der Waals surface area contributed by atoms with Gasteiger partial charge in [-0.1, -0.05) is 28.1 Å². The molecule has 0 N–H and O–H groups in total. The lowest BCUT2D eigenvalue weighted by atomic mass is 10.2. The summed E-state index contributed by atoms with van der Waals surface area (Å²) in [5.41, 5.74) is 0.880. The van der Waals surface area contributed by atoms with Gasteiger partial charge in [-0.05, 0) is 23.8 Å². The molecule has 0 aliphatic carbocycles. The molecular weight excluding hydrogens is 312 g/mol. The van der Waals surface area contributed by atoms with E-state index in [1.165, 1.54) is 22.0 Å². The molecule has 2 rings (SSSR count). The van der Waals surface area contributed by atoms with E-state index in [9.17, 15) is 4.79 Å². The second-order valence-corrected chi connectivity index (χ2v) is 5.62. The minimum Gasteiger partial charge on any atom is -0.301 e. The van der Waals surface area contributed by atoms with Crippen LogP contribution in [0.4, 0.5) is 0 Å². The molecule has 1 aromatic heterocycles. The Morgan fingerprint density at radius 1 is 1.39 bits per heavy atom. The fraction of sp³-hybridized carbons (Fsp3) is 0.0769. The van der Waals surface area contributed by atoms with E-state index in [0.717, 1.165) is 10.0 Å². The van der Waals surface area contributed by atoms with Gasteiger partial charge in [0.2, 0.25) is 0 Å². The molecule has 0 bridgehead atoms. The Kier molecular flexibility index (Phi) is 3.80. The number of nitriles is 1. The smallest absolute Gasteiger partial charge is 0.268 e. The zero-order valence-corrected chi connectivity index (χ0v) is 12.0. The Hall–Kier alpha value is -1.64. The summed E-state index contributed by atoms with van der Waals surface area (Å²) >= 11 is 4.68.